The van der Waals surface area contributed by atoms with Crippen LogP contribution >= 0.6 is 0 Å². The van der Waals surface area contributed by atoms with Crippen LogP contribution in [0.5, 0.6) is 0 Å². The molecule has 0 amide bonds. The van der Waals surface area contributed by atoms with Crippen LogP contribution in [0.2, 0.25) is 0 Å². The quantitative estimate of drug-likeness (QED) is 0.630. The number of benzene rings is 3. The standard InChI is InChI=1S/C20H18O2/c1-14-10-12-16(13-11-14)15(2)22-20(21)19-9-5-7-17-6-3-4-8-18(17)19/h3-13,15H,1-2H3. The van der Waals surface area contributed by atoms with Crippen LogP contribution in [0.25, 0.3) is 10.8 Å². The van der Waals surface area contributed by atoms with Gasteiger partial charge in [-0.15, -0.1) is 0 Å². The second-order valence-corrected chi connectivity index (χ2v) is 5.48. The zero-order valence-corrected chi connectivity index (χ0v) is 12.7. The fourth-order valence-electron chi connectivity index (χ4n) is 2.53. The number of carbonyl (C=O) groups excluding carboxylic acids is 1. The van der Waals surface area contributed by atoms with Crippen molar-refractivity contribution < 1.29 is 9.53 Å². The molecule has 2 heteroatoms. The SMILES string of the molecule is Cc1ccc(C(C)OC(=O)c2cccc3ccccc23)cc1. The first-order chi connectivity index (χ1) is 10.6. The van der Waals surface area contributed by atoms with E-state index < -0.39 is 0 Å². The summed E-state index contributed by atoms with van der Waals surface area (Å²) in [4.78, 5) is 12.5. The average Bonchev–Trinajstić information content (AvgIpc) is 2.54. The Balaban J connectivity index is 1.85. The van der Waals surface area contributed by atoms with Crippen molar-refractivity contribution in [3.8, 4) is 0 Å². The van der Waals surface area contributed by atoms with E-state index in [0.29, 0.717) is 5.56 Å². The van der Waals surface area contributed by atoms with Gasteiger partial charge < -0.3 is 4.74 Å². The Morgan fingerprint density at radius 2 is 1.59 bits per heavy atom. The Bertz CT molecular complexity index is 798. The second-order valence-electron chi connectivity index (χ2n) is 5.48. The molecule has 0 saturated carbocycles. The molecule has 0 spiro atoms. The zero-order valence-electron chi connectivity index (χ0n) is 12.7. The number of fused-ring (bicyclic) bond motifs is 1. The third kappa shape index (κ3) is 2.86. The van der Waals surface area contributed by atoms with E-state index >= 15 is 0 Å². The Labute approximate surface area is 130 Å². The molecule has 0 aliphatic heterocycles. The van der Waals surface area contributed by atoms with E-state index in [1.54, 1.807) is 0 Å². The molecule has 3 aromatic rings. The van der Waals surface area contributed by atoms with Crippen molar-refractivity contribution in [2.45, 2.75) is 20.0 Å². The van der Waals surface area contributed by atoms with Gasteiger partial charge in [0.25, 0.3) is 0 Å². The number of carbonyl (C=O) groups is 1. The van der Waals surface area contributed by atoms with Crippen molar-refractivity contribution in [1.29, 1.82) is 0 Å². The lowest BCUT2D eigenvalue weighted by atomic mass is 10.0. The van der Waals surface area contributed by atoms with E-state index in [1.165, 1.54) is 5.56 Å². The average molecular weight is 290 g/mol. The lowest BCUT2D eigenvalue weighted by Gasteiger charge is -2.15. The Kier molecular flexibility index (Phi) is 3.92. The number of ether oxygens (including phenoxy) is 1. The summed E-state index contributed by atoms with van der Waals surface area (Å²) in [5.74, 6) is -0.287. The predicted octanol–water partition coefficient (Wildman–Crippen LogP) is 5.07. The molecule has 0 N–H and O–H groups in total. The summed E-state index contributed by atoms with van der Waals surface area (Å²) < 4.78 is 5.63. The summed E-state index contributed by atoms with van der Waals surface area (Å²) >= 11 is 0. The normalized spacial score (nSPS) is 12.1. The molecule has 1 unspecified atom stereocenters. The van der Waals surface area contributed by atoms with Gasteiger partial charge in [0.1, 0.15) is 6.10 Å². The molecule has 0 fully saturated rings. The minimum Gasteiger partial charge on any atom is -0.454 e. The number of hydrogen-bond acceptors (Lipinski definition) is 2. The van der Waals surface area contributed by atoms with Gasteiger partial charge in [-0.3, -0.25) is 0 Å². The third-order valence-electron chi connectivity index (χ3n) is 3.84. The molecule has 0 bridgehead atoms. The van der Waals surface area contributed by atoms with Crippen molar-refractivity contribution in [3.05, 3.63) is 83.4 Å². The number of rotatable bonds is 3. The number of aryl methyl sites for hydroxylation is 1. The van der Waals surface area contributed by atoms with Gasteiger partial charge in [0.2, 0.25) is 0 Å². The van der Waals surface area contributed by atoms with Gasteiger partial charge in [-0.1, -0.05) is 66.2 Å². The summed E-state index contributed by atoms with van der Waals surface area (Å²) in [7, 11) is 0. The summed E-state index contributed by atoms with van der Waals surface area (Å²) in [6.45, 7) is 3.93. The van der Waals surface area contributed by atoms with Gasteiger partial charge in [-0.25, -0.2) is 4.79 Å². The van der Waals surface area contributed by atoms with E-state index in [4.69, 9.17) is 4.74 Å². The van der Waals surface area contributed by atoms with Gasteiger partial charge in [-0.05, 0) is 36.2 Å². The third-order valence-corrected chi connectivity index (χ3v) is 3.84. The van der Waals surface area contributed by atoms with Crippen LogP contribution in [0, 0.1) is 6.92 Å². The molecular weight excluding hydrogens is 272 g/mol. The minimum absolute atomic E-state index is 0.271. The maximum atomic E-state index is 12.5. The molecular formula is C20H18O2. The first kappa shape index (κ1) is 14.3. The highest BCUT2D eigenvalue weighted by Gasteiger charge is 2.15. The van der Waals surface area contributed by atoms with E-state index in [-0.39, 0.29) is 12.1 Å². The first-order valence-corrected chi connectivity index (χ1v) is 7.40. The molecule has 0 radical (unpaired) electrons. The van der Waals surface area contributed by atoms with Crippen LogP contribution in [0.3, 0.4) is 0 Å². The zero-order chi connectivity index (χ0) is 15.5. The monoisotopic (exact) mass is 290 g/mol. The highest BCUT2D eigenvalue weighted by molar-refractivity contribution is 6.04. The van der Waals surface area contributed by atoms with Crippen molar-refractivity contribution in [2.75, 3.05) is 0 Å². The molecule has 3 rings (SSSR count). The molecule has 0 aliphatic rings. The van der Waals surface area contributed by atoms with E-state index in [1.807, 2.05) is 80.6 Å². The van der Waals surface area contributed by atoms with Crippen LogP contribution in [0.1, 0.15) is 34.5 Å². The second kappa shape index (κ2) is 6.02. The topological polar surface area (TPSA) is 26.3 Å². The van der Waals surface area contributed by atoms with Gasteiger partial charge in [0.15, 0.2) is 0 Å². The van der Waals surface area contributed by atoms with Gasteiger partial charge in [0, 0.05) is 0 Å². The fourth-order valence-corrected chi connectivity index (χ4v) is 2.53. The van der Waals surface area contributed by atoms with E-state index in [2.05, 4.69) is 0 Å². The van der Waals surface area contributed by atoms with Gasteiger partial charge in [-0.2, -0.15) is 0 Å². The van der Waals surface area contributed by atoms with Gasteiger partial charge in [0.05, 0.1) is 5.56 Å². The molecule has 22 heavy (non-hydrogen) atoms. The predicted molar refractivity (Wildman–Crippen MR) is 89.0 cm³/mol. The van der Waals surface area contributed by atoms with Crippen molar-refractivity contribution in [3.63, 3.8) is 0 Å². The largest absolute Gasteiger partial charge is 0.454 e. The van der Waals surface area contributed by atoms with E-state index in [0.717, 1.165) is 16.3 Å². The lowest BCUT2D eigenvalue weighted by Crippen LogP contribution is -2.09. The maximum absolute atomic E-state index is 12.5. The van der Waals surface area contributed by atoms with Crippen molar-refractivity contribution in [1.82, 2.24) is 0 Å². The summed E-state index contributed by atoms with van der Waals surface area (Å²) in [6, 6.07) is 21.6. The smallest absolute Gasteiger partial charge is 0.339 e. The Morgan fingerprint density at radius 3 is 2.36 bits per heavy atom. The van der Waals surface area contributed by atoms with Crippen LogP contribution in [-0.4, -0.2) is 5.97 Å². The number of esters is 1. The molecule has 2 nitrogen and oxygen atoms in total. The van der Waals surface area contributed by atoms with Crippen molar-refractivity contribution >= 4 is 16.7 Å². The molecule has 0 heterocycles. The fraction of sp³-hybridized carbons (Fsp3) is 0.150. The Hall–Kier alpha value is -2.61. The molecule has 1 atom stereocenters. The van der Waals surface area contributed by atoms with Crippen LogP contribution in [0.4, 0.5) is 0 Å². The van der Waals surface area contributed by atoms with Gasteiger partial charge >= 0.3 is 5.97 Å². The Morgan fingerprint density at radius 1 is 0.909 bits per heavy atom. The van der Waals surface area contributed by atoms with Crippen molar-refractivity contribution in [2.24, 2.45) is 0 Å². The lowest BCUT2D eigenvalue weighted by molar-refractivity contribution is 0.0340. The van der Waals surface area contributed by atoms with Crippen LogP contribution < -0.4 is 0 Å². The summed E-state index contributed by atoms with van der Waals surface area (Å²) in [5.41, 5.74) is 2.80. The summed E-state index contributed by atoms with van der Waals surface area (Å²) in [6.07, 6.45) is -0.271. The first-order valence-electron chi connectivity index (χ1n) is 7.40. The van der Waals surface area contributed by atoms with Crippen LogP contribution in [0.15, 0.2) is 66.7 Å². The molecule has 0 saturated heterocycles. The molecule has 110 valence electrons. The highest BCUT2D eigenvalue weighted by Crippen LogP contribution is 2.23. The molecule has 0 aliphatic carbocycles. The molecule has 3 aromatic carbocycles. The minimum atomic E-state index is -0.287. The maximum Gasteiger partial charge on any atom is 0.339 e. The van der Waals surface area contributed by atoms with E-state index in [9.17, 15) is 4.79 Å². The summed E-state index contributed by atoms with van der Waals surface area (Å²) in [5, 5.41) is 1.96. The van der Waals surface area contributed by atoms with Crippen LogP contribution in [-0.2, 0) is 4.74 Å². The number of hydrogen-bond donors (Lipinski definition) is 0. The molecule has 0 aromatic heterocycles. The highest BCUT2D eigenvalue weighted by atomic mass is 16.5.